The van der Waals surface area contributed by atoms with Crippen molar-refractivity contribution in [1.29, 1.82) is 0 Å². The first-order valence-corrected chi connectivity index (χ1v) is 6.58. The van der Waals surface area contributed by atoms with Gasteiger partial charge in [-0.1, -0.05) is 30.3 Å². The highest BCUT2D eigenvalue weighted by Gasteiger charge is 2.10. The maximum atomic E-state index is 5.43. The lowest BCUT2D eigenvalue weighted by Gasteiger charge is -2.19. The summed E-state index contributed by atoms with van der Waals surface area (Å²) in [6, 6.07) is 14.9. The lowest BCUT2D eigenvalue weighted by Crippen LogP contribution is -2.09. The minimum Gasteiger partial charge on any atom is -0.495 e. The smallest absolute Gasteiger partial charge is 0.142 e. The number of nitrogens with one attached hydrogen (secondary N) is 1. The van der Waals surface area contributed by atoms with Gasteiger partial charge in [-0.15, -0.1) is 0 Å². The van der Waals surface area contributed by atoms with Crippen LogP contribution in [0.3, 0.4) is 0 Å². The topological polar surface area (TPSA) is 21.3 Å². The fourth-order valence-electron chi connectivity index (χ4n) is 2.30. The predicted octanol–water partition coefficient (Wildman–Crippen LogP) is 4.49. The monoisotopic (exact) mass is 255 g/mol. The summed E-state index contributed by atoms with van der Waals surface area (Å²) in [6.45, 7) is 6.37. The summed E-state index contributed by atoms with van der Waals surface area (Å²) in [6.07, 6.45) is 0. The third-order valence-corrected chi connectivity index (χ3v) is 3.38. The van der Waals surface area contributed by atoms with Crippen LogP contribution in [0.4, 0.5) is 5.69 Å². The zero-order chi connectivity index (χ0) is 13.8. The van der Waals surface area contributed by atoms with E-state index < -0.39 is 0 Å². The molecule has 0 saturated carbocycles. The zero-order valence-corrected chi connectivity index (χ0v) is 12.0. The van der Waals surface area contributed by atoms with Gasteiger partial charge in [-0.25, -0.2) is 0 Å². The molecule has 2 aromatic carbocycles. The van der Waals surface area contributed by atoms with Crippen LogP contribution >= 0.6 is 0 Å². The molecule has 1 unspecified atom stereocenters. The first-order chi connectivity index (χ1) is 9.11. The van der Waals surface area contributed by atoms with Gasteiger partial charge in [-0.05, 0) is 49.6 Å². The van der Waals surface area contributed by atoms with Crippen LogP contribution in [0.1, 0.15) is 29.7 Å². The van der Waals surface area contributed by atoms with Gasteiger partial charge in [0.2, 0.25) is 0 Å². The molecule has 0 radical (unpaired) electrons. The molecule has 0 fully saturated rings. The molecule has 0 aromatic heterocycles. The molecule has 0 spiro atoms. The molecule has 0 amide bonds. The van der Waals surface area contributed by atoms with Crippen LogP contribution in [-0.2, 0) is 0 Å². The number of aryl methyl sites for hydroxylation is 2. The van der Waals surface area contributed by atoms with Gasteiger partial charge in [0.25, 0.3) is 0 Å². The lowest BCUT2D eigenvalue weighted by atomic mass is 10.0. The summed E-state index contributed by atoms with van der Waals surface area (Å²) in [4.78, 5) is 0. The molecule has 2 aromatic rings. The maximum absolute atomic E-state index is 5.43. The standard InChI is InChI=1S/C17H21NO/c1-12-9-10-16(17(11-12)19-4)18-14(3)15-8-6-5-7-13(15)2/h5-11,14,18H,1-4H3. The quantitative estimate of drug-likeness (QED) is 0.869. The number of methoxy groups -OCH3 is 1. The van der Waals surface area contributed by atoms with E-state index in [2.05, 4.69) is 62.5 Å². The normalized spacial score (nSPS) is 12.0. The Kier molecular flexibility index (Phi) is 4.10. The van der Waals surface area contributed by atoms with E-state index in [0.717, 1.165) is 11.4 Å². The highest BCUT2D eigenvalue weighted by Crippen LogP contribution is 2.29. The van der Waals surface area contributed by atoms with Crippen molar-refractivity contribution in [3.63, 3.8) is 0 Å². The predicted molar refractivity (Wildman–Crippen MR) is 80.9 cm³/mol. The maximum Gasteiger partial charge on any atom is 0.142 e. The molecule has 19 heavy (non-hydrogen) atoms. The first kappa shape index (κ1) is 13.5. The summed E-state index contributed by atoms with van der Waals surface area (Å²) in [5, 5.41) is 3.52. The van der Waals surface area contributed by atoms with Crippen LogP contribution in [0.25, 0.3) is 0 Å². The molecule has 1 N–H and O–H groups in total. The Labute approximate surface area is 115 Å². The summed E-state index contributed by atoms with van der Waals surface area (Å²) in [7, 11) is 1.71. The van der Waals surface area contributed by atoms with E-state index in [1.807, 2.05) is 6.07 Å². The Bertz CT molecular complexity index is 563. The second-order valence-corrected chi connectivity index (χ2v) is 4.93. The van der Waals surface area contributed by atoms with Crippen molar-refractivity contribution in [1.82, 2.24) is 0 Å². The van der Waals surface area contributed by atoms with Crippen molar-refractivity contribution in [2.45, 2.75) is 26.8 Å². The van der Waals surface area contributed by atoms with Crippen LogP contribution < -0.4 is 10.1 Å². The Morgan fingerprint density at radius 3 is 2.47 bits per heavy atom. The van der Waals surface area contributed by atoms with E-state index in [-0.39, 0.29) is 6.04 Å². The lowest BCUT2D eigenvalue weighted by molar-refractivity contribution is 0.416. The van der Waals surface area contributed by atoms with Crippen LogP contribution in [0, 0.1) is 13.8 Å². The van der Waals surface area contributed by atoms with Gasteiger partial charge >= 0.3 is 0 Å². The van der Waals surface area contributed by atoms with Crippen molar-refractivity contribution in [3.05, 3.63) is 59.2 Å². The van der Waals surface area contributed by atoms with Crippen LogP contribution in [0.5, 0.6) is 5.75 Å². The third kappa shape index (κ3) is 3.08. The highest BCUT2D eigenvalue weighted by atomic mass is 16.5. The van der Waals surface area contributed by atoms with E-state index in [4.69, 9.17) is 4.74 Å². The number of hydrogen-bond acceptors (Lipinski definition) is 2. The van der Waals surface area contributed by atoms with Crippen molar-refractivity contribution in [2.24, 2.45) is 0 Å². The molecule has 2 heteroatoms. The van der Waals surface area contributed by atoms with E-state index in [1.165, 1.54) is 16.7 Å². The fraction of sp³-hybridized carbons (Fsp3) is 0.294. The van der Waals surface area contributed by atoms with Gasteiger partial charge in [0.1, 0.15) is 5.75 Å². The van der Waals surface area contributed by atoms with Crippen molar-refractivity contribution < 1.29 is 4.74 Å². The summed E-state index contributed by atoms with van der Waals surface area (Å²) >= 11 is 0. The average Bonchev–Trinajstić information content (AvgIpc) is 2.41. The second-order valence-electron chi connectivity index (χ2n) is 4.93. The van der Waals surface area contributed by atoms with Gasteiger partial charge in [0, 0.05) is 6.04 Å². The molecule has 0 aliphatic heterocycles. The largest absolute Gasteiger partial charge is 0.495 e. The minimum absolute atomic E-state index is 0.248. The minimum atomic E-state index is 0.248. The van der Waals surface area contributed by atoms with Crippen LogP contribution in [0.2, 0.25) is 0 Å². The third-order valence-electron chi connectivity index (χ3n) is 3.38. The molecule has 0 bridgehead atoms. The van der Waals surface area contributed by atoms with Crippen LogP contribution in [-0.4, -0.2) is 7.11 Å². The van der Waals surface area contributed by atoms with Crippen molar-refractivity contribution in [3.8, 4) is 5.75 Å². The molecular formula is C17H21NO. The van der Waals surface area contributed by atoms with Gasteiger partial charge in [-0.2, -0.15) is 0 Å². The van der Waals surface area contributed by atoms with E-state index in [0.29, 0.717) is 0 Å². The van der Waals surface area contributed by atoms with Crippen molar-refractivity contribution >= 4 is 5.69 Å². The number of ether oxygens (including phenoxy) is 1. The van der Waals surface area contributed by atoms with Crippen molar-refractivity contribution in [2.75, 3.05) is 12.4 Å². The zero-order valence-electron chi connectivity index (χ0n) is 12.0. The molecule has 0 aliphatic rings. The van der Waals surface area contributed by atoms with E-state index in [9.17, 15) is 0 Å². The number of hydrogen-bond donors (Lipinski definition) is 1. The molecule has 100 valence electrons. The SMILES string of the molecule is COc1cc(C)ccc1NC(C)c1ccccc1C. The molecule has 2 rings (SSSR count). The molecule has 2 nitrogen and oxygen atoms in total. The molecule has 1 atom stereocenters. The number of benzene rings is 2. The molecule has 0 saturated heterocycles. The van der Waals surface area contributed by atoms with Gasteiger partial charge in [0.05, 0.1) is 12.8 Å². The number of rotatable bonds is 4. The summed E-state index contributed by atoms with van der Waals surface area (Å²) in [5.41, 5.74) is 4.84. The number of anilines is 1. The van der Waals surface area contributed by atoms with Gasteiger partial charge in [0.15, 0.2) is 0 Å². The Morgan fingerprint density at radius 2 is 1.79 bits per heavy atom. The summed E-state index contributed by atoms with van der Waals surface area (Å²) in [5.74, 6) is 0.889. The molecule has 0 heterocycles. The Hall–Kier alpha value is -1.96. The Morgan fingerprint density at radius 1 is 1.05 bits per heavy atom. The molecular weight excluding hydrogens is 234 g/mol. The fourth-order valence-corrected chi connectivity index (χ4v) is 2.30. The highest BCUT2D eigenvalue weighted by molar-refractivity contribution is 5.59. The van der Waals surface area contributed by atoms with Gasteiger partial charge < -0.3 is 10.1 Å². The average molecular weight is 255 g/mol. The molecule has 0 aliphatic carbocycles. The second kappa shape index (κ2) is 5.79. The van der Waals surface area contributed by atoms with E-state index in [1.54, 1.807) is 7.11 Å². The van der Waals surface area contributed by atoms with E-state index >= 15 is 0 Å². The first-order valence-electron chi connectivity index (χ1n) is 6.58. The summed E-state index contributed by atoms with van der Waals surface area (Å²) < 4.78 is 5.43. The Balaban J connectivity index is 2.24. The van der Waals surface area contributed by atoms with Gasteiger partial charge in [-0.3, -0.25) is 0 Å². The van der Waals surface area contributed by atoms with Crippen LogP contribution in [0.15, 0.2) is 42.5 Å².